The van der Waals surface area contributed by atoms with Crippen molar-refractivity contribution in [2.75, 3.05) is 0 Å². The van der Waals surface area contributed by atoms with E-state index in [0.29, 0.717) is 0 Å². The molecule has 0 bridgehead atoms. The number of imidazole rings is 1. The molecular weight excluding hydrogens is 296 g/mol. The predicted molar refractivity (Wildman–Crippen MR) is 96.3 cm³/mol. The molecule has 0 fully saturated rings. The van der Waals surface area contributed by atoms with E-state index in [1.165, 1.54) is 0 Å². The van der Waals surface area contributed by atoms with E-state index in [4.69, 9.17) is 4.42 Å². The van der Waals surface area contributed by atoms with Gasteiger partial charge in [-0.15, -0.1) is 0 Å². The Morgan fingerprint density at radius 1 is 0.750 bits per heavy atom. The van der Waals surface area contributed by atoms with E-state index in [0.717, 1.165) is 38.8 Å². The molecule has 0 amide bonds. The van der Waals surface area contributed by atoms with Crippen LogP contribution in [0.1, 0.15) is 0 Å². The summed E-state index contributed by atoms with van der Waals surface area (Å²) in [7, 11) is 0. The molecule has 24 heavy (non-hydrogen) atoms. The Hall–Kier alpha value is -3.33. The van der Waals surface area contributed by atoms with Gasteiger partial charge in [-0.2, -0.15) is 0 Å². The van der Waals surface area contributed by atoms with Gasteiger partial charge >= 0.3 is 0 Å². The van der Waals surface area contributed by atoms with Crippen molar-refractivity contribution in [3.05, 3.63) is 85.5 Å². The van der Waals surface area contributed by atoms with Crippen LogP contribution < -0.4 is 0 Å². The number of benzene rings is 3. The van der Waals surface area contributed by atoms with E-state index < -0.39 is 0 Å². The van der Waals surface area contributed by atoms with E-state index in [1.807, 2.05) is 41.4 Å². The lowest BCUT2D eigenvalue weighted by atomic mass is 10.0. The Kier molecular flexibility index (Phi) is 2.79. The van der Waals surface area contributed by atoms with Crippen molar-refractivity contribution in [2.45, 2.75) is 0 Å². The summed E-state index contributed by atoms with van der Waals surface area (Å²) < 4.78 is 8.21. The maximum absolute atomic E-state index is 6.19. The summed E-state index contributed by atoms with van der Waals surface area (Å²) in [6, 6.07) is 22.8. The van der Waals surface area contributed by atoms with Crippen LogP contribution in [0.25, 0.3) is 38.8 Å². The fraction of sp³-hybridized carbons (Fsp3) is 0. The van der Waals surface area contributed by atoms with Crippen LogP contribution in [0.5, 0.6) is 0 Å². The molecule has 3 heteroatoms. The van der Waals surface area contributed by atoms with E-state index in [2.05, 4.69) is 47.4 Å². The molecule has 3 aromatic carbocycles. The first kappa shape index (κ1) is 13.1. The van der Waals surface area contributed by atoms with Crippen molar-refractivity contribution in [1.29, 1.82) is 0 Å². The zero-order chi connectivity index (χ0) is 15.9. The van der Waals surface area contributed by atoms with E-state index in [9.17, 15) is 0 Å². The van der Waals surface area contributed by atoms with Gasteiger partial charge in [0.15, 0.2) is 0 Å². The van der Waals surface area contributed by atoms with Crippen LogP contribution in [0.2, 0.25) is 0 Å². The van der Waals surface area contributed by atoms with Crippen molar-refractivity contribution >= 4 is 21.9 Å². The zero-order valence-corrected chi connectivity index (χ0v) is 12.9. The fourth-order valence-electron chi connectivity index (χ4n) is 3.29. The van der Waals surface area contributed by atoms with Crippen LogP contribution >= 0.6 is 0 Å². The zero-order valence-electron chi connectivity index (χ0n) is 12.9. The van der Waals surface area contributed by atoms with Gasteiger partial charge in [-0.25, -0.2) is 4.98 Å². The van der Waals surface area contributed by atoms with Crippen LogP contribution in [0.3, 0.4) is 0 Å². The molecule has 0 aliphatic rings. The molecule has 0 aliphatic heterocycles. The third kappa shape index (κ3) is 1.88. The summed E-state index contributed by atoms with van der Waals surface area (Å²) in [4.78, 5) is 4.17. The Balaban J connectivity index is 1.85. The number of furan rings is 1. The lowest BCUT2D eigenvalue weighted by Gasteiger charge is -2.10. The minimum absolute atomic E-state index is 0.917. The largest absolute Gasteiger partial charge is 0.455 e. The number of fused-ring (bicyclic) bond motifs is 3. The number of nitrogens with zero attached hydrogens (tertiary/aromatic N) is 2. The predicted octanol–water partition coefficient (Wildman–Crippen LogP) is 5.44. The number of para-hydroxylation sites is 3. The van der Waals surface area contributed by atoms with Crippen LogP contribution in [0.4, 0.5) is 0 Å². The summed E-state index contributed by atoms with van der Waals surface area (Å²) in [5.41, 5.74) is 5.14. The average Bonchev–Trinajstić information content (AvgIpc) is 3.29. The summed E-state index contributed by atoms with van der Waals surface area (Å²) in [6.45, 7) is 0. The van der Waals surface area contributed by atoms with Crippen molar-refractivity contribution in [2.24, 2.45) is 0 Å². The topological polar surface area (TPSA) is 31.0 Å². The Labute approximate surface area is 138 Å². The first-order valence-corrected chi connectivity index (χ1v) is 7.90. The maximum Gasteiger partial charge on any atom is 0.143 e. The Bertz CT molecular complexity index is 1150. The highest BCUT2D eigenvalue weighted by molar-refractivity contribution is 6.10. The molecular formula is C21H14N2O. The van der Waals surface area contributed by atoms with Gasteiger partial charge in [-0.1, -0.05) is 54.6 Å². The van der Waals surface area contributed by atoms with Gasteiger partial charge in [-0.05, 0) is 12.1 Å². The maximum atomic E-state index is 6.19. The molecule has 0 aliphatic carbocycles. The minimum Gasteiger partial charge on any atom is -0.455 e. The van der Waals surface area contributed by atoms with Crippen molar-refractivity contribution in [3.63, 3.8) is 0 Å². The summed E-state index contributed by atoms with van der Waals surface area (Å²) in [5.74, 6) is 0. The van der Waals surface area contributed by atoms with Crippen molar-refractivity contribution in [3.8, 4) is 16.8 Å². The number of hydrogen-bond acceptors (Lipinski definition) is 2. The first-order chi connectivity index (χ1) is 11.9. The highest BCUT2D eigenvalue weighted by Crippen LogP contribution is 2.37. The number of rotatable bonds is 2. The Morgan fingerprint density at radius 3 is 2.46 bits per heavy atom. The fourth-order valence-corrected chi connectivity index (χ4v) is 3.29. The molecule has 5 aromatic rings. The van der Waals surface area contributed by atoms with Gasteiger partial charge in [-0.3, -0.25) is 0 Å². The van der Waals surface area contributed by atoms with Gasteiger partial charge in [0.2, 0.25) is 0 Å². The van der Waals surface area contributed by atoms with Crippen LogP contribution in [0.15, 0.2) is 89.9 Å². The lowest BCUT2D eigenvalue weighted by molar-refractivity contribution is 0.670. The number of hydrogen-bond donors (Lipinski definition) is 0. The molecule has 0 atom stereocenters. The van der Waals surface area contributed by atoms with E-state index in [-0.39, 0.29) is 0 Å². The van der Waals surface area contributed by atoms with E-state index in [1.54, 1.807) is 6.20 Å². The molecule has 0 N–H and O–H groups in total. The SMILES string of the molecule is c1ccc(-n2ccnc2)c(-c2cccc3c2oc2ccccc23)c1. The molecule has 0 radical (unpaired) electrons. The normalized spacial score (nSPS) is 11.3. The summed E-state index contributed by atoms with van der Waals surface area (Å²) in [6.07, 6.45) is 5.56. The third-order valence-corrected chi connectivity index (χ3v) is 4.38. The monoisotopic (exact) mass is 310 g/mol. The molecule has 0 spiro atoms. The van der Waals surface area contributed by atoms with Gasteiger partial charge in [0, 0.05) is 34.3 Å². The van der Waals surface area contributed by atoms with Gasteiger partial charge < -0.3 is 8.98 Å². The Morgan fingerprint density at radius 2 is 1.54 bits per heavy atom. The second-order valence-corrected chi connectivity index (χ2v) is 5.77. The molecule has 2 heterocycles. The summed E-state index contributed by atoms with van der Waals surface area (Å²) in [5, 5.41) is 2.29. The molecule has 114 valence electrons. The van der Waals surface area contributed by atoms with Crippen LogP contribution in [0, 0.1) is 0 Å². The average molecular weight is 310 g/mol. The van der Waals surface area contributed by atoms with E-state index >= 15 is 0 Å². The quantitative estimate of drug-likeness (QED) is 0.435. The molecule has 2 aromatic heterocycles. The highest BCUT2D eigenvalue weighted by Gasteiger charge is 2.14. The molecule has 0 saturated heterocycles. The van der Waals surface area contributed by atoms with Gasteiger partial charge in [0.25, 0.3) is 0 Å². The first-order valence-electron chi connectivity index (χ1n) is 7.90. The standard InChI is InChI=1S/C21H14N2O/c1-3-10-19(23-13-12-22-14-23)15(6-1)17-8-5-9-18-16-7-2-4-11-20(16)24-21(17)18/h1-14H. The van der Waals surface area contributed by atoms with Crippen LogP contribution in [-0.4, -0.2) is 9.55 Å². The third-order valence-electron chi connectivity index (χ3n) is 4.38. The van der Waals surface area contributed by atoms with Crippen molar-refractivity contribution < 1.29 is 4.42 Å². The van der Waals surface area contributed by atoms with Crippen LogP contribution in [-0.2, 0) is 0 Å². The number of aromatic nitrogens is 2. The molecule has 3 nitrogen and oxygen atoms in total. The lowest BCUT2D eigenvalue weighted by Crippen LogP contribution is -1.93. The van der Waals surface area contributed by atoms with Gasteiger partial charge in [0.05, 0.1) is 12.0 Å². The van der Waals surface area contributed by atoms with Gasteiger partial charge in [0.1, 0.15) is 11.2 Å². The molecule has 0 saturated carbocycles. The minimum atomic E-state index is 0.917. The second-order valence-electron chi connectivity index (χ2n) is 5.77. The molecule has 0 unspecified atom stereocenters. The highest BCUT2D eigenvalue weighted by atomic mass is 16.3. The second kappa shape index (κ2) is 5.10. The molecule has 5 rings (SSSR count). The van der Waals surface area contributed by atoms with Crippen molar-refractivity contribution in [1.82, 2.24) is 9.55 Å². The summed E-state index contributed by atoms with van der Waals surface area (Å²) >= 11 is 0. The smallest absolute Gasteiger partial charge is 0.143 e.